The summed E-state index contributed by atoms with van der Waals surface area (Å²) in [5, 5.41) is 28.5. The Labute approximate surface area is 104 Å². The lowest BCUT2D eigenvalue weighted by Crippen LogP contribution is -2.38. The van der Waals surface area contributed by atoms with E-state index < -0.39 is 41.7 Å². The predicted molar refractivity (Wildman–Crippen MR) is 58.5 cm³/mol. The minimum atomic E-state index is -1.60. The number of hydrogen-bond donors (Lipinski definition) is 4. The van der Waals surface area contributed by atoms with E-state index in [1.807, 2.05) is 4.98 Å². The maximum atomic E-state index is 11.5. The maximum absolute atomic E-state index is 11.5. The molecule has 10 nitrogen and oxygen atoms in total. The van der Waals surface area contributed by atoms with Crippen LogP contribution in [0, 0.1) is 0 Å². The van der Waals surface area contributed by atoms with Crippen molar-refractivity contribution < 1.29 is 24.8 Å². The van der Waals surface area contributed by atoms with Gasteiger partial charge >= 0.3 is 11.6 Å². The normalized spacial score (nSPS) is 30.0. The molecule has 102 valence electrons. The highest BCUT2D eigenvalue weighted by atomic mass is 16.6. The van der Waals surface area contributed by atoms with Crippen molar-refractivity contribution in [3.8, 4) is 0 Å². The van der Waals surface area contributed by atoms with Crippen LogP contribution in [0.3, 0.4) is 0 Å². The van der Waals surface area contributed by atoms with Crippen LogP contribution in [0.15, 0.2) is 21.9 Å². The van der Waals surface area contributed by atoms with E-state index in [9.17, 15) is 24.9 Å². The van der Waals surface area contributed by atoms with Crippen LogP contribution in [0.5, 0.6) is 0 Å². The minimum absolute atomic E-state index is 0.634. The maximum Gasteiger partial charge on any atom is 0.479 e. The molecule has 0 aromatic carbocycles. The number of hydrogen-bond acceptors (Lipinski definition) is 5. The van der Waals surface area contributed by atoms with Gasteiger partial charge in [0.05, 0.1) is 0 Å². The molecule has 1 aromatic rings. The van der Waals surface area contributed by atoms with E-state index in [2.05, 4.69) is 4.79 Å². The van der Waals surface area contributed by atoms with E-state index >= 15 is 0 Å². The lowest BCUT2D eigenvalue weighted by atomic mass is 10.1. The highest BCUT2D eigenvalue weighted by molar-refractivity contribution is 5.74. The van der Waals surface area contributed by atoms with Gasteiger partial charge < -0.3 is 25.6 Å². The Morgan fingerprint density at radius 3 is 2.68 bits per heavy atom. The summed E-state index contributed by atoms with van der Waals surface area (Å²) in [6.45, 7) is 0. The molecule has 19 heavy (non-hydrogen) atoms. The zero-order valence-corrected chi connectivity index (χ0v) is 9.37. The Balaban J connectivity index is 2.39. The van der Waals surface area contributed by atoms with Crippen molar-refractivity contribution in [3.63, 3.8) is 0 Å². The van der Waals surface area contributed by atoms with E-state index in [1.165, 1.54) is 0 Å². The summed E-state index contributed by atoms with van der Waals surface area (Å²) >= 11 is 0. The molecule has 1 saturated heterocycles. The number of aromatic amines is 1. The van der Waals surface area contributed by atoms with Gasteiger partial charge in [-0.1, -0.05) is 0 Å². The van der Waals surface area contributed by atoms with Gasteiger partial charge in [0.1, 0.15) is 12.2 Å². The number of aliphatic hydroxyl groups excluding tert-OH is 3. The zero-order valence-electron chi connectivity index (χ0n) is 9.37. The van der Waals surface area contributed by atoms with E-state index in [1.54, 1.807) is 0 Å². The fraction of sp³-hybridized carbons (Fsp3) is 0.444. The first-order valence-electron chi connectivity index (χ1n) is 5.19. The molecule has 1 fully saturated rings. The largest absolute Gasteiger partial charge is 0.479 e. The van der Waals surface area contributed by atoms with Crippen LogP contribution in [-0.2, 0) is 4.74 Å². The minimum Gasteiger partial charge on any atom is -0.449 e. The molecule has 0 radical (unpaired) electrons. The molecule has 2 heterocycles. The Morgan fingerprint density at radius 1 is 1.42 bits per heavy atom. The SMILES string of the molecule is [N-]=[N+]=C(O)[C@H]1O[C@@H](n2ccc(=O)[nH]c2=O)[C@H](O)[C@@H]1O. The van der Waals surface area contributed by atoms with Crippen LogP contribution >= 0.6 is 0 Å². The number of aliphatic hydroxyl groups is 3. The lowest BCUT2D eigenvalue weighted by molar-refractivity contribution is -0.0761. The molecule has 4 atom stereocenters. The Hall–Kier alpha value is -2.26. The second-order valence-electron chi connectivity index (χ2n) is 3.90. The van der Waals surface area contributed by atoms with Crippen LogP contribution in [0.25, 0.3) is 5.53 Å². The lowest BCUT2D eigenvalue weighted by Gasteiger charge is -2.16. The molecular formula is C9H10N4O6. The number of aromatic nitrogens is 2. The second-order valence-corrected chi connectivity index (χ2v) is 3.90. The number of H-pyrrole nitrogens is 1. The summed E-state index contributed by atoms with van der Waals surface area (Å²) in [6.07, 6.45) is -4.91. The molecule has 0 bridgehead atoms. The molecule has 1 aliphatic heterocycles. The number of ether oxygens (including phenoxy) is 1. The smallest absolute Gasteiger partial charge is 0.449 e. The molecule has 1 aliphatic rings. The number of nitrogens with zero attached hydrogens (tertiary/aromatic N) is 3. The highest BCUT2D eigenvalue weighted by Crippen LogP contribution is 2.28. The van der Waals surface area contributed by atoms with Crippen LogP contribution in [-0.4, -0.2) is 53.9 Å². The topological polar surface area (TPSA) is 161 Å². The predicted octanol–water partition coefficient (Wildman–Crippen LogP) is -2.66. The van der Waals surface area contributed by atoms with Gasteiger partial charge in [0.25, 0.3) is 5.56 Å². The standard InChI is InChI=1S/C9H10N4O6/c10-12-7(17)6-4(15)5(16)8(19-6)13-2-1-3(14)11-9(13)18/h1-2,4-6,8,15-17H,(H,11,14,18)/t4-,5+,6-,8+/m0/s1. The third kappa shape index (κ3) is 2.20. The highest BCUT2D eigenvalue weighted by Gasteiger charge is 2.50. The van der Waals surface area contributed by atoms with E-state index in [-0.39, 0.29) is 0 Å². The molecule has 10 heteroatoms. The van der Waals surface area contributed by atoms with E-state index in [4.69, 9.17) is 10.3 Å². The quantitative estimate of drug-likeness (QED) is 0.198. The molecule has 0 aliphatic carbocycles. The Kier molecular flexibility index (Phi) is 3.32. The number of rotatable bonds is 2. The third-order valence-electron chi connectivity index (χ3n) is 2.72. The summed E-state index contributed by atoms with van der Waals surface area (Å²) in [5.74, 6) is -0.938. The van der Waals surface area contributed by atoms with Gasteiger partial charge in [0.2, 0.25) is 6.10 Å². The molecule has 4 N–H and O–H groups in total. The van der Waals surface area contributed by atoms with Crippen molar-refractivity contribution in [2.45, 2.75) is 24.5 Å². The van der Waals surface area contributed by atoms with Gasteiger partial charge in [-0.05, 0) is 0 Å². The Bertz CT molecular complexity index is 645. The van der Waals surface area contributed by atoms with Crippen molar-refractivity contribution in [1.82, 2.24) is 9.55 Å². The summed E-state index contributed by atoms with van der Waals surface area (Å²) in [4.78, 5) is 26.8. The average molecular weight is 270 g/mol. The van der Waals surface area contributed by atoms with Gasteiger partial charge in [-0.3, -0.25) is 14.3 Å². The third-order valence-corrected chi connectivity index (χ3v) is 2.72. The monoisotopic (exact) mass is 270 g/mol. The summed E-state index contributed by atoms with van der Waals surface area (Å²) in [6, 6.07) is 1.02. The average Bonchev–Trinajstić information content (AvgIpc) is 2.66. The first kappa shape index (κ1) is 13.2. The molecule has 0 amide bonds. The van der Waals surface area contributed by atoms with Crippen molar-refractivity contribution in [2.75, 3.05) is 0 Å². The van der Waals surface area contributed by atoms with Crippen molar-refractivity contribution in [1.29, 1.82) is 0 Å². The van der Waals surface area contributed by atoms with Gasteiger partial charge in [-0.25, -0.2) is 4.79 Å². The zero-order chi connectivity index (χ0) is 14.2. The van der Waals surface area contributed by atoms with Gasteiger partial charge in [0.15, 0.2) is 6.23 Å². The summed E-state index contributed by atoms with van der Waals surface area (Å²) in [7, 11) is 0. The van der Waals surface area contributed by atoms with Gasteiger partial charge in [-0.2, -0.15) is 0 Å². The first-order chi connectivity index (χ1) is 8.95. The molecule has 1 aromatic heterocycles. The first-order valence-corrected chi connectivity index (χ1v) is 5.19. The van der Waals surface area contributed by atoms with Crippen LogP contribution < -0.4 is 11.2 Å². The molecule has 0 unspecified atom stereocenters. The second kappa shape index (κ2) is 4.78. The van der Waals surface area contributed by atoms with Gasteiger partial charge in [0, 0.05) is 12.3 Å². The van der Waals surface area contributed by atoms with Crippen molar-refractivity contribution >= 4 is 5.90 Å². The fourth-order valence-electron chi connectivity index (χ4n) is 1.79. The van der Waals surface area contributed by atoms with E-state index in [0.717, 1.165) is 16.8 Å². The fourth-order valence-corrected chi connectivity index (χ4v) is 1.79. The van der Waals surface area contributed by atoms with Crippen molar-refractivity contribution in [2.24, 2.45) is 0 Å². The Morgan fingerprint density at radius 2 is 2.11 bits per heavy atom. The van der Waals surface area contributed by atoms with Crippen molar-refractivity contribution in [3.05, 3.63) is 38.6 Å². The van der Waals surface area contributed by atoms with Gasteiger partial charge in [-0.15, -0.1) is 4.79 Å². The summed E-state index contributed by atoms with van der Waals surface area (Å²) in [5.41, 5.74) is 6.91. The summed E-state index contributed by atoms with van der Waals surface area (Å²) < 4.78 is 5.88. The number of nitrogens with one attached hydrogen (secondary N) is 1. The molecule has 2 rings (SSSR count). The molecular weight excluding hydrogens is 260 g/mol. The molecule has 0 spiro atoms. The van der Waals surface area contributed by atoms with Crippen LogP contribution in [0.1, 0.15) is 6.23 Å². The van der Waals surface area contributed by atoms with Crippen LogP contribution in [0.4, 0.5) is 0 Å². The molecule has 0 saturated carbocycles. The van der Waals surface area contributed by atoms with E-state index in [0.29, 0.717) is 0 Å². The van der Waals surface area contributed by atoms with Crippen LogP contribution in [0.2, 0.25) is 0 Å².